The van der Waals surface area contributed by atoms with Crippen molar-refractivity contribution in [2.24, 2.45) is 4.99 Å². The number of nitrogens with zero attached hydrogens (tertiary/aromatic N) is 2. The molecule has 0 aliphatic heterocycles. The summed E-state index contributed by atoms with van der Waals surface area (Å²) in [5.74, 6) is 0.914. The summed E-state index contributed by atoms with van der Waals surface area (Å²) >= 11 is 0. The third-order valence-corrected chi connectivity index (χ3v) is 3.05. The van der Waals surface area contributed by atoms with Crippen LogP contribution in [0.15, 0.2) is 4.99 Å². The molecular formula is C13H30N4. The molecule has 4 heteroatoms. The Labute approximate surface area is 107 Å². The van der Waals surface area contributed by atoms with Gasteiger partial charge in [0.25, 0.3) is 0 Å². The molecule has 1 atom stereocenters. The van der Waals surface area contributed by atoms with Crippen molar-refractivity contribution < 1.29 is 0 Å². The maximum atomic E-state index is 4.22. The molecule has 0 radical (unpaired) electrons. The summed E-state index contributed by atoms with van der Waals surface area (Å²) in [6.45, 7) is 13.0. The van der Waals surface area contributed by atoms with Gasteiger partial charge in [-0.05, 0) is 26.4 Å². The molecule has 0 spiro atoms. The quantitative estimate of drug-likeness (QED) is 0.386. The average Bonchev–Trinajstić information content (AvgIpc) is 2.35. The van der Waals surface area contributed by atoms with E-state index in [1.54, 1.807) is 0 Å². The third-order valence-electron chi connectivity index (χ3n) is 3.05. The zero-order valence-electron chi connectivity index (χ0n) is 12.2. The lowest BCUT2D eigenvalue weighted by atomic mass is 10.3. The Balaban J connectivity index is 3.89. The SMILES string of the molecule is CCCCNC(=NC)NCC(C)N(CC)CC. The van der Waals surface area contributed by atoms with Crippen molar-refractivity contribution in [3.8, 4) is 0 Å². The van der Waals surface area contributed by atoms with Crippen LogP contribution in [-0.4, -0.2) is 50.1 Å². The van der Waals surface area contributed by atoms with Crippen LogP contribution in [0.25, 0.3) is 0 Å². The molecule has 0 aliphatic carbocycles. The smallest absolute Gasteiger partial charge is 0.191 e. The summed E-state index contributed by atoms with van der Waals surface area (Å²) in [5.41, 5.74) is 0. The van der Waals surface area contributed by atoms with Gasteiger partial charge >= 0.3 is 0 Å². The highest BCUT2D eigenvalue weighted by Gasteiger charge is 2.09. The van der Waals surface area contributed by atoms with E-state index in [-0.39, 0.29) is 0 Å². The van der Waals surface area contributed by atoms with Crippen molar-refractivity contribution in [2.75, 3.05) is 33.2 Å². The highest BCUT2D eigenvalue weighted by Crippen LogP contribution is 1.96. The van der Waals surface area contributed by atoms with E-state index in [1.807, 2.05) is 7.05 Å². The van der Waals surface area contributed by atoms with Crippen molar-refractivity contribution in [1.82, 2.24) is 15.5 Å². The molecule has 17 heavy (non-hydrogen) atoms. The first-order chi connectivity index (χ1) is 8.19. The average molecular weight is 242 g/mol. The fraction of sp³-hybridized carbons (Fsp3) is 0.923. The van der Waals surface area contributed by atoms with Gasteiger partial charge in [-0.1, -0.05) is 27.2 Å². The van der Waals surface area contributed by atoms with E-state index in [9.17, 15) is 0 Å². The largest absolute Gasteiger partial charge is 0.356 e. The van der Waals surface area contributed by atoms with Crippen molar-refractivity contribution in [3.05, 3.63) is 0 Å². The molecule has 0 saturated heterocycles. The normalized spacial score (nSPS) is 13.9. The highest BCUT2D eigenvalue weighted by atomic mass is 15.2. The second-order valence-electron chi connectivity index (χ2n) is 4.30. The summed E-state index contributed by atoms with van der Waals surface area (Å²) in [5, 5.41) is 6.70. The maximum absolute atomic E-state index is 4.22. The Morgan fingerprint density at radius 1 is 1.18 bits per heavy atom. The molecule has 0 saturated carbocycles. The maximum Gasteiger partial charge on any atom is 0.191 e. The summed E-state index contributed by atoms with van der Waals surface area (Å²) in [4.78, 5) is 6.66. The number of guanidine groups is 1. The minimum Gasteiger partial charge on any atom is -0.356 e. The molecule has 0 rings (SSSR count). The fourth-order valence-electron chi connectivity index (χ4n) is 1.82. The molecule has 0 aliphatic rings. The zero-order valence-corrected chi connectivity index (χ0v) is 12.2. The molecular weight excluding hydrogens is 212 g/mol. The van der Waals surface area contributed by atoms with Crippen LogP contribution in [0, 0.1) is 0 Å². The second kappa shape index (κ2) is 10.4. The van der Waals surface area contributed by atoms with Gasteiger partial charge in [-0.3, -0.25) is 9.89 Å². The van der Waals surface area contributed by atoms with E-state index in [4.69, 9.17) is 0 Å². The van der Waals surface area contributed by atoms with E-state index in [1.165, 1.54) is 12.8 Å². The molecule has 1 unspecified atom stereocenters. The predicted molar refractivity (Wildman–Crippen MR) is 76.7 cm³/mol. The van der Waals surface area contributed by atoms with E-state index in [0.717, 1.165) is 32.1 Å². The monoisotopic (exact) mass is 242 g/mol. The Hall–Kier alpha value is -0.770. The Morgan fingerprint density at radius 3 is 2.29 bits per heavy atom. The van der Waals surface area contributed by atoms with Gasteiger partial charge in [0.1, 0.15) is 0 Å². The van der Waals surface area contributed by atoms with Crippen LogP contribution in [0.2, 0.25) is 0 Å². The van der Waals surface area contributed by atoms with Crippen molar-refractivity contribution in [2.45, 2.75) is 46.6 Å². The third kappa shape index (κ3) is 7.21. The minimum atomic E-state index is 0.537. The number of aliphatic imine (C=N–C) groups is 1. The van der Waals surface area contributed by atoms with Crippen molar-refractivity contribution in [3.63, 3.8) is 0 Å². The molecule has 4 nitrogen and oxygen atoms in total. The van der Waals surface area contributed by atoms with Gasteiger partial charge < -0.3 is 10.6 Å². The van der Waals surface area contributed by atoms with E-state index in [0.29, 0.717) is 6.04 Å². The molecule has 0 fully saturated rings. The fourth-order valence-corrected chi connectivity index (χ4v) is 1.82. The molecule has 0 aromatic heterocycles. The predicted octanol–water partition coefficient (Wildman–Crippen LogP) is 1.68. The van der Waals surface area contributed by atoms with Crippen LogP contribution in [0.1, 0.15) is 40.5 Å². The molecule has 2 N–H and O–H groups in total. The molecule has 0 aromatic carbocycles. The number of unbranched alkanes of at least 4 members (excludes halogenated alkanes) is 1. The van der Waals surface area contributed by atoms with E-state index >= 15 is 0 Å². The number of likely N-dealkylation sites (N-methyl/N-ethyl adjacent to an activating group) is 1. The van der Waals surface area contributed by atoms with Crippen LogP contribution < -0.4 is 10.6 Å². The minimum absolute atomic E-state index is 0.537. The molecule has 0 heterocycles. The van der Waals surface area contributed by atoms with Crippen LogP contribution >= 0.6 is 0 Å². The lowest BCUT2D eigenvalue weighted by molar-refractivity contribution is 0.231. The first kappa shape index (κ1) is 16.2. The number of nitrogens with one attached hydrogen (secondary N) is 2. The topological polar surface area (TPSA) is 39.7 Å². The highest BCUT2D eigenvalue weighted by molar-refractivity contribution is 5.79. The van der Waals surface area contributed by atoms with Gasteiger partial charge in [0.05, 0.1) is 0 Å². The van der Waals surface area contributed by atoms with Gasteiger partial charge in [-0.15, -0.1) is 0 Å². The molecule has 0 aromatic rings. The molecule has 102 valence electrons. The lowest BCUT2D eigenvalue weighted by Crippen LogP contribution is -2.46. The number of hydrogen-bond donors (Lipinski definition) is 2. The summed E-state index contributed by atoms with van der Waals surface area (Å²) in [6.07, 6.45) is 2.39. The summed E-state index contributed by atoms with van der Waals surface area (Å²) < 4.78 is 0. The van der Waals surface area contributed by atoms with Crippen molar-refractivity contribution in [1.29, 1.82) is 0 Å². The van der Waals surface area contributed by atoms with Gasteiger partial charge in [-0.25, -0.2) is 0 Å². The second-order valence-corrected chi connectivity index (χ2v) is 4.30. The first-order valence-electron chi connectivity index (χ1n) is 6.88. The van der Waals surface area contributed by atoms with Crippen molar-refractivity contribution >= 4 is 5.96 Å². The summed E-state index contributed by atoms with van der Waals surface area (Å²) in [6, 6.07) is 0.537. The van der Waals surface area contributed by atoms with Gasteiger partial charge in [0, 0.05) is 26.2 Å². The van der Waals surface area contributed by atoms with Gasteiger partial charge in [0.2, 0.25) is 0 Å². The van der Waals surface area contributed by atoms with Gasteiger partial charge in [-0.2, -0.15) is 0 Å². The van der Waals surface area contributed by atoms with Gasteiger partial charge in [0.15, 0.2) is 5.96 Å². The standard InChI is InChI=1S/C13H30N4/c1-6-9-10-15-13(14-5)16-11-12(4)17(7-2)8-3/h12H,6-11H2,1-5H3,(H2,14,15,16). The van der Waals surface area contributed by atoms with E-state index < -0.39 is 0 Å². The Bertz CT molecular complexity index is 200. The van der Waals surface area contributed by atoms with E-state index in [2.05, 4.69) is 48.2 Å². The summed E-state index contributed by atoms with van der Waals surface area (Å²) in [7, 11) is 1.82. The Morgan fingerprint density at radius 2 is 1.82 bits per heavy atom. The zero-order chi connectivity index (χ0) is 13.1. The Kier molecular flexibility index (Phi) is 9.92. The molecule has 0 amide bonds. The molecule has 0 bridgehead atoms. The lowest BCUT2D eigenvalue weighted by Gasteiger charge is -2.27. The number of rotatable bonds is 8. The first-order valence-corrected chi connectivity index (χ1v) is 6.88. The van der Waals surface area contributed by atoms with Crippen LogP contribution in [-0.2, 0) is 0 Å². The van der Waals surface area contributed by atoms with Crippen LogP contribution in [0.4, 0.5) is 0 Å². The number of hydrogen-bond acceptors (Lipinski definition) is 2. The van der Waals surface area contributed by atoms with Crippen LogP contribution in [0.5, 0.6) is 0 Å². The van der Waals surface area contributed by atoms with Crippen LogP contribution in [0.3, 0.4) is 0 Å².